The molecule has 0 fully saturated rings. The summed E-state index contributed by atoms with van der Waals surface area (Å²) in [5.41, 5.74) is 0.305. The molecule has 1 aromatic carbocycles. The fraction of sp³-hybridized carbons (Fsp3) is 0.500. The zero-order valence-electron chi connectivity index (χ0n) is 20.4. The summed E-state index contributed by atoms with van der Waals surface area (Å²) in [7, 11) is 0. The van der Waals surface area contributed by atoms with Crippen LogP contribution in [-0.2, 0) is 16.0 Å². The monoisotopic (exact) mass is 475 g/mol. The summed E-state index contributed by atoms with van der Waals surface area (Å²) in [6, 6.07) is 6.77. The Morgan fingerprint density at radius 1 is 0.882 bits per heavy atom. The molecule has 1 heterocycles. The van der Waals surface area contributed by atoms with Crippen LogP contribution in [0.15, 0.2) is 24.3 Å². The number of carbonyl (C=O) groups is 2. The molecule has 0 radical (unpaired) electrons. The van der Waals surface area contributed by atoms with Gasteiger partial charge >= 0.3 is 18.2 Å². The van der Waals surface area contributed by atoms with Crippen molar-refractivity contribution in [2.24, 2.45) is 0 Å². The van der Waals surface area contributed by atoms with E-state index in [2.05, 4.69) is 36.2 Å². The van der Waals surface area contributed by atoms with Crippen molar-refractivity contribution in [2.75, 3.05) is 23.7 Å². The second kappa shape index (κ2) is 11.3. The van der Waals surface area contributed by atoms with Gasteiger partial charge in [-0.3, -0.25) is 0 Å². The van der Waals surface area contributed by atoms with Crippen molar-refractivity contribution in [3.8, 4) is 6.01 Å². The van der Waals surface area contributed by atoms with Crippen LogP contribution in [0, 0.1) is 0 Å². The van der Waals surface area contributed by atoms with Crippen LogP contribution in [-0.4, -0.2) is 56.5 Å². The van der Waals surface area contributed by atoms with E-state index >= 15 is 0 Å². The van der Waals surface area contributed by atoms with Crippen LogP contribution in [0.2, 0.25) is 0 Å². The second-order valence-electron chi connectivity index (χ2n) is 9.32. The molecule has 0 spiro atoms. The topological polar surface area (TPSA) is 160 Å². The Balaban J connectivity index is 1.90. The number of nitrogens with one attached hydrogen (secondary N) is 4. The SMILES string of the molecule is CC(C)(C)OC(=O)NCCNc1nc(O)nc(Nc2cccc(CNC(=O)OC(C)(C)C)c2)n1. The number of aromatic hydroxyl groups is 1. The number of anilines is 3. The predicted molar refractivity (Wildman–Crippen MR) is 127 cm³/mol. The minimum absolute atomic E-state index is 0.118. The van der Waals surface area contributed by atoms with Gasteiger partial charge in [0.15, 0.2) is 0 Å². The molecule has 34 heavy (non-hydrogen) atoms. The molecule has 2 rings (SSSR count). The predicted octanol–water partition coefficient (Wildman–Crippen LogP) is 3.28. The van der Waals surface area contributed by atoms with Crippen molar-refractivity contribution < 1.29 is 24.2 Å². The highest BCUT2D eigenvalue weighted by Gasteiger charge is 2.16. The fourth-order valence-electron chi connectivity index (χ4n) is 2.53. The van der Waals surface area contributed by atoms with Crippen LogP contribution in [0.4, 0.5) is 27.2 Å². The van der Waals surface area contributed by atoms with E-state index in [0.717, 1.165) is 5.56 Å². The Hall–Kier alpha value is -3.83. The van der Waals surface area contributed by atoms with Crippen LogP contribution in [0.25, 0.3) is 0 Å². The van der Waals surface area contributed by atoms with Crippen LogP contribution >= 0.6 is 0 Å². The first-order valence-electron chi connectivity index (χ1n) is 10.8. The van der Waals surface area contributed by atoms with Gasteiger partial charge in [-0.2, -0.15) is 15.0 Å². The maximum Gasteiger partial charge on any atom is 0.407 e. The van der Waals surface area contributed by atoms with Crippen molar-refractivity contribution in [3.05, 3.63) is 29.8 Å². The molecule has 0 aliphatic carbocycles. The highest BCUT2D eigenvalue weighted by molar-refractivity contribution is 5.68. The molecular formula is C22H33N7O5. The summed E-state index contributed by atoms with van der Waals surface area (Å²) in [6.07, 6.45) is -1.04. The first kappa shape index (κ1) is 26.4. The van der Waals surface area contributed by atoms with Gasteiger partial charge < -0.3 is 35.8 Å². The lowest BCUT2D eigenvalue weighted by Crippen LogP contribution is -2.35. The van der Waals surface area contributed by atoms with Gasteiger partial charge in [0.1, 0.15) is 11.2 Å². The second-order valence-corrected chi connectivity index (χ2v) is 9.32. The minimum Gasteiger partial charge on any atom is -0.479 e. The third-order valence-corrected chi connectivity index (χ3v) is 3.72. The molecule has 2 amide bonds. The number of rotatable bonds is 8. The largest absolute Gasteiger partial charge is 0.479 e. The lowest BCUT2D eigenvalue weighted by Gasteiger charge is -2.19. The number of hydrogen-bond donors (Lipinski definition) is 5. The maximum absolute atomic E-state index is 11.8. The molecule has 12 heteroatoms. The van der Waals surface area contributed by atoms with E-state index in [0.29, 0.717) is 12.2 Å². The van der Waals surface area contributed by atoms with Gasteiger partial charge in [0.05, 0.1) is 0 Å². The molecule has 5 N–H and O–H groups in total. The quantitative estimate of drug-likeness (QED) is 0.358. The highest BCUT2D eigenvalue weighted by atomic mass is 16.6. The van der Waals surface area contributed by atoms with Crippen molar-refractivity contribution in [3.63, 3.8) is 0 Å². The summed E-state index contributed by atoms with van der Waals surface area (Å²) in [4.78, 5) is 35.4. The normalized spacial score (nSPS) is 11.4. The first-order chi connectivity index (χ1) is 15.8. The Morgan fingerprint density at radius 3 is 2.15 bits per heavy atom. The molecule has 12 nitrogen and oxygen atoms in total. The number of amides is 2. The average molecular weight is 476 g/mol. The molecule has 0 saturated heterocycles. The number of benzene rings is 1. The van der Waals surface area contributed by atoms with E-state index in [1.54, 1.807) is 59.7 Å². The van der Waals surface area contributed by atoms with E-state index in [9.17, 15) is 14.7 Å². The van der Waals surface area contributed by atoms with E-state index in [1.165, 1.54) is 0 Å². The molecule has 0 aliphatic rings. The van der Waals surface area contributed by atoms with Crippen molar-refractivity contribution in [1.82, 2.24) is 25.6 Å². The summed E-state index contributed by atoms with van der Waals surface area (Å²) in [6.45, 7) is 11.5. The average Bonchev–Trinajstić information content (AvgIpc) is 2.67. The van der Waals surface area contributed by atoms with Crippen LogP contribution in [0.5, 0.6) is 6.01 Å². The number of ether oxygens (including phenoxy) is 2. The van der Waals surface area contributed by atoms with E-state index in [1.807, 2.05) is 6.07 Å². The molecule has 0 aliphatic heterocycles. The van der Waals surface area contributed by atoms with Crippen molar-refractivity contribution in [2.45, 2.75) is 59.3 Å². The number of aromatic nitrogens is 3. The van der Waals surface area contributed by atoms with Gasteiger partial charge in [-0.05, 0) is 59.2 Å². The van der Waals surface area contributed by atoms with Gasteiger partial charge in [-0.15, -0.1) is 0 Å². The van der Waals surface area contributed by atoms with Gasteiger partial charge in [0.2, 0.25) is 11.9 Å². The van der Waals surface area contributed by atoms with Gasteiger partial charge in [-0.25, -0.2) is 9.59 Å². The Morgan fingerprint density at radius 2 is 1.50 bits per heavy atom. The summed E-state index contributed by atoms with van der Waals surface area (Å²) < 4.78 is 10.4. The fourth-order valence-corrected chi connectivity index (χ4v) is 2.53. The van der Waals surface area contributed by atoms with Crippen LogP contribution in [0.3, 0.4) is 0 Å². The summed E-state index contributed by atoms with van der Waals surface area (Å²) >= 11 is 0. The number of alkyl carbamates (subject to hydrolysis) is 2. The van der Waals surface area contributed by atoms with E-state index < -0.39 is 29.4 Å². The number of nitrogens with zero attached hydrogens (tertiary/aromatic N) is 3. The number of hydrogen-bond acceptors (Lipinski definition) is 10. The molecule has 0 atom stereocenters. The molecular weight excluding hydrogens is 442 g/mol. The number of carbonyl (C=O) groups excluding carboxylic acids is 2. The smallest absolute Gasteiger partial charge is 0.407 e. The van der Waals surface area contributed by atoms with Crippen LogP contribution in [0.1, 0.15) is 47.1 Å². The molecule has 0 unspecified atom stereocenters. The lowest BCUT2D eigenvalue weighted by molar-refractivity contribution is 0.0515. The van der Waals surface area contributed by atoms with Gasteiger partial charge in [0, 0.05) is 25.3 Å². The van der Waals surface area contributed by atoms with E-state index in [-0.39, 0.29) is 25.0 Å². The molecule has 1 aromatic heterocycles. The Kier molecular flexibility index (Phi) is 8.82. The van der Waals surface area contributed by atoms with E-state index in [4.69, 9.17) is 9.47 Å². The lowest BCUT2D eigenvalue weighted by atomic mass is 10.2. The van der Waals surface area contributed by atoms with Crippen LogP contribution < -0.4 is 21.3 Å². The Labute approximate surface area is 198 Å². The van der Waals surface area contributed by atoms with Gasteiger partial charge in [-0.1, -0.05) is 12.1 Å². The third kappa shape index (κ3) is 10.7. The van der Waals surface area contributed by atoms with Gasteiger partial charge in [0.25, 0.3) is 0 Å². The molecule has 0 bridgehead atoms. The third-order valence-electron chi connectivity index (χ3n) is 3.72. The van der Waals surface area contributed by atoms with Crippen molar-refractivity contribution >= 4 is 29.8 Å². The highest BCUT2D eigenvalue weighted by Crippen LogP contribution is 2.17. The van der Waals surface area contributed by atoms with Crippen molar-refractivity contribution in [1.29, 1.82) is 0 Å². The zero-order valence-corrected chi connectivity index (χ0v) is 20.4. The molecule has 186 valence electrons. The Bertz CT molecular complexity index is 986. The maximum atomic E-state index is 11.8. The molecule has 0 saturated carbocycles. The molecule has 2 aromatic rings. The zero-order chi connectivity index (χ0) is 25.4. The minimum atomic E-state index is -0.582. The summed E-state index contributed by atoms with van der Waals surface area (Å²) in [5, 5.41) is 21.0. The summed E-state index contributed by atoms with van der Waals surface area (Å²) in [5.74, 6) is 0.246. The first-order valence-corrected chi connectivity index (χ1v) is 10.8. The standard InChI is InChI=1S/C22H33N7O5/c1-21(2,3)33-19(31)24-11-10-23-16-27-17(29-18(30)28-16)26-15-9-7-8-14(12-15)13-25-20(32)34-22(4,5)6/h7-9,12H,10-11,13H2,1-6H3,(H,24,31)(H,25,32)(H3,23,26,27,28,29,30).